The molecule has 4 rings (SSSR count). The van der Waals surface area contributed by atoms with Crippen LogP contribution in [0.15, 0.2) is 83.9 Å². The molecule has 0 aliphatic rings. The number of hydrogen-bond acceptors (Lipinski definition) is 6. The second-order valence-electron chi connectivity index (χ2n) is 7.84. The van der Waals surface area contributed by atoms with Crippen LogP contribution in [0.5, 0.6) is 0 Å². The summed E-state index contributed by atoms with van der Waals surface area (Å²) < 4.78 is 1.06. The Labute approximate surface area is 199 Å². The molecule has 1 heterocycles. The first-order valence-electron chi connectivity index (χ1n) is 10.7. The topological polar surface area (TPSA) is 136 Å². The molecule has 2 amide bonds. The zero-order valence-electron chi connectivity index (χ0n) is 18.7. The van der Waals surface area contributed by atoms with Gasteiger partial charge >= 0.3 is 0 Å². The number of aromatic nitrogens is 2. The summed E-state index contributed by atoms with van der Waals surface area (Å²) in [4.78, 5) is 52.9. The molecule has 0 bridgehead atoms. The van der Waals surface area contributed by atoms with Crippen LogP contribution in [0.4, 0.5) is 11.4 Å². The molecule has 2 N–H and O–H groups in total. The van der Waals surface area contributed by atoms with Gasteiger partial charge in [-0.05, 0) is 30.7 Å². The highest BCUT2D eigenvalue weighted by Gasteiger charge is 2.17. The lowest BCUT2D eigenvalue weighted by molar-refractivity contribution is -0.384. The second kappa shape index (κ2) is 9.96. The van der Waals surface area contributed by atoms with Gasteiger partial charge in [-0.25, -0.2) is 4.98 Å². The van der Waals surface area contributed by atoms with Gasteiger partial charge in [0.1, 0.15) is 6.54 Å². The molecule has 1 aromatic heterocycles. The number of fused-ring (bicyclic) bond motifs is 1. The molecule has 0 spiro atoms. The Morgan fingerprint density at radius 3 is 2.51 bits per heavy atom. The number of carbonyl (C=O) groups is 2. The van der Waals surface area contributed by atoms with Gasteiger partial charge in [0.25, 0.3) is 17.2 Å². The standard InChI is InChI=1S/C25H21N5O5/c1-16(17-7-3-2-4-8-17)27-24(32)19-9-5-6-10-22(19)28-23(31)14-29-15-26-21-12-11-18(30(34)35)13-20(21)25(29)33/h2-13,15-16H,14H2,1H3,(H,27,32)(H,28,31)/t16-/m0/s1. The third-order valence-electron chi connectivity index (χ3n) is 5.43. The van der Waals surface area contributed by atoms with Crippen LogP contribution >= 0.6 is 0 Å². The summed E-state index contributed by atoms with van der Waals surface area (Å²) in [7, 11) is 0. The van der Waals surface area contributed by atoms with E-state index in [-0.39, 0.29) is 46.3 Å². The predicted octanol–water partition coefficient (Wildman–Crippen LogP) is 3.43. The summed E-state index contributed by atoms with van der Waals surface area (Å²) in [6, 6.07) is 19.5. The molecule has 10 heteroatoms. The summed E-state index contributed by atoms with van der Waals surface area (Å²) in [6.45, 7) is 1.47. The summed E-state index contributed by atoms with van der Waals surface area (Å²) in [6.07, 6.45) is 1.20. The number of carbonyl (C=O) groups excluding carboxylic acids is 2. The Kier molecular flexibility index (Phi) is 6.63. The van der Waals surface area contributed by atoms with Crippen molar-refractivity contribution in [2.24, 2.45) is 0 Å². The van der Waals surface area contributed by atoms with Crippen molar-refractivity contribution >= 4 is 34.1 Å². The number of anilines is 1. The van der Waals surface area contributed by atoms with Crippen molar-refractivity contribution in [3.05, 3.63) is 111 Å². The average Bonchev–Trinajstić information content (AvgIpc) is 2.86. The lowest BCUT2D eigenvalue weighted by Gasteiger charge is -2.16. The highest BCUT2D eigenvalue weighted by atomic mass is 16.6. The average molecular weight is 471 g/mol. The van der Waals surface area contributed by atoms with Gasteiger partial charge in [0.15, 0.2) is 0 Å². The largest absolute Gasteiger partial charge is 0.345 e. The zero-order chi connectivity index (χ0) is 24.9. The van der Waals surface area contributed by atoms with E-state index in [2.05, 4.69) is 15.6 Å². The number of benzene rings is 3. The highest BCUT2D eigenvalue weighted by Crippen LogP contribution is 2.19. The number of nitro benzene ring substituents is 1. The minimum absolute atomic E-state index is 0.0316. The molecule has 4 aromatic rings. The maximum Gasteiger partial charge on any atom is 0.270 e. The number of hydrogen-bond donors (Lipinski definition) is 2. The first-order valence-corrected chi connectivity index (χ1v) is 10.7. The number of rotatable bonds is 7. The molecule has 0 fully saturated rings. The van der Waals surface area contributed by atoms with E-state index in [0.29, 0.717) is 0 Å². The van der Waals surface area contributed by atoms with Crippen molar-refractivity contribution in [3.8, 4) is 0 Å². The Hall–Kier alpha value is -4.86. The number of nitrogens with one attached hydrogen (secondary N) is 2. The van der Waals surface area contributed by atoms with Crippen molar-refractivity contribution in [2.75, 3.05) is 5.32 Å². The summed E-state index contributed by atoms with van der Waals surface area (Å²) in [5, 5.41) is 16.6. The molecule has 0 unspecified atom stereocenters. The van der Waals surface area contributed by atoms with E-state index in [9.17, 15) is 24.5 Å². The van der Waals surface area contributed by atoms with Crippen molar-refractivity contribution in [1.82, 2.24) is 14.9 Å². The lowest BCUT2D eigenvalue weighted by Crippen LogP contribution is -2.30. The zero-order valence-corrected chi connectivity index (χ0v) is 18.7. The fraction of sp³-hybridized carbons (Fsp3) is 0.120. The van der Waals surface area contributed by atoms with Gasteiger partial charge < -0.3 is 10.6 Å². The van der Waals surface area contributed by atoms with Crippen LogP contribution in [0.3, 0.4) is 0 Å². The molecule has 35 heavy (non-hydrogen) atoms. The van der Waals surface area contributed by atoms with Crippen molar-refractivity contribution in [2.45, 2.75) is 19.5 Å². The number of non-ortho nitro benzene ring substituents is 1. The van der Waals surface area contributed by atoms with Gasteiger partial charge in [-0.15, -0.1) is 0 Å². The van der Waals surface area contributed by atoms with E-state index in [0.717, 1.165) is 16.2 Å². The molecule has 0 aliphatic carbocycles. The van der Waals surface area contributed by atoms with Crippen LogP contribution in [0, 0.1) is 10.1 Å². The smallest absolute Gasteiger partial charge is 0.270 e. The van der Waals surface area contributed by atoms with Gasteiger partial charge in [-0.3, -0.25) is 29.1 Å². The Morgan fingerprint density at radius 1 is 1.06 bits per heavy atom. The summed E-state index contributed by atoms with van der Waals surface area (Å²) in [5.74, 6) is -0.927. The molecule has 1 atom stereocenters. The molecule has 0 radical (unpaired) electrons. The van der Waals surface area contributed by atoms with Gasteiger partial charge in [0, 0.05) is 12.1 Å². The number of nitrogens with zero attached hydrogens (tertiary/aromatic N) is 3. The van der Waals surface area contributed by atoms with Gasteiger partial charge in [0.2, 0.25) is 5.91 Å². The van der Waals surface area contributed by atoms with Gasteiger partial charge in [0.05, 0.1) is 39.4 Å². The van der Waals surface area contributed by atoms with Crippen LogP contribution in [0.1, 0.15) is 28.9 Å². The normalized spacial score (nSPS) is 11.6. The Balaban J connectivity index is 1.52. The second-order valence-corrected chi connectivity index (χ2v) is 7.84. The fourth-order valence-corrected chi connectivity index (χ4v) is 3.61. The maximum atomic E-state index is 12.9. The summed E-state index contributed by atoms with van der Waals surface area (Å²) >= 11 is 0. The first-order chi connectivity index (χ1) is 16.8. The lowest BCUT2D eigenvalue weighted by atomic mass is 10.1. The van der Waals surface area contributed by atoms with E-state index in [4.69, 9.17) is 0 Å². The number of nitro groups is 1. The van der Waals surface area contributed by atoms with E-state index in [1.54, 1.807) is 24.3 Å². The molecular formula is C25H21N5O5. The van der Waals surface area contributed by atoms with E-state index in [1.807, 2.05) is 37.3 Å². The minimum Gasteiger partial charge on any atom is -0.345 e. The van der Waals surface area contributed by atoms with Crippen molar-refractivity contribution in [3.63, 3.8) is 0 Å². The molecule has 10 nitrogen and oxygen atoms in total. The van der Waals surface area contributed by atoms with Crippen LogP contribution in [0.25, 0.3) is 10.9 Å². The fourth-order valence-electron chi connectivity index (χ4n) is 3.61. The number of amides is 2. The van der Waals surface area contributed by atoms with Crippen LogP contribution in [-0.2, 0) is 11.3 Å². The highest BCUT2D eigenvalue weighted by molar-refractivity contribution is 6.03. The van der Waals surface area contributed by atoms with E-state index >= 15 is 0 Å². The van der Waals surface area contributed by atoms with Gasteiger partial charge in [-0.1, -0.05) is 42.5 Å². The Bertz CT molecular complexity index is 1480. The molecule has 176 valence electrons. The van der Waals surface area contributed by atoms with Gasteiger partial charge in [-0.2, -0.15) is 0 Å². The first kappa shape index (κ1) is 23.3. The molecule has 3 aromatic carbocycles. The third-order valence-corrected chi connectivity index (χ3v) is 5.43. The molecule has 0 aliphatic heterocycles. The quantitative estimate of drug-likeness (QED) is 0.313. The molecular weight excluding hydrogens is 450 g/mol. The van der Waals surface area contributed by atoms with Crippen LogP contribution in [0.2, 0.25) is 0 Å². The third kappa shape index (κ3) is 5.22. The van der Waals surface area contributed by atoms with E-state index in [1.165, 1.54) is 18.5 Å². The molecule has 0 saturated carbocycles. The monoisotopic (exact) mass is 471 g/mol. The van der Waals surface area contributed by atoms with Crippen LogP contribution in [-0.4, -0.2) is 26.3 Å². The van der Waals surface area contributed by atoms with E-state index < -0.39 is 16.4 Å². The summed E-state index contributed by atoms with van der Waals surface area (Å²) in [5.41, 5.74) is 0.938. The minimum atomic E-state index is -0.608. The SMILES string of the molecule is C[C@H](NC(=O)c1ccccc1NC(=O)Cn1cnc2ccc([N+](=O)[O-])cc2c1=O)c1ccccc1. The van der Waals surface area contributed by atoms with Crippen molar-refractivity contribution in [1.29, 1.82) is 0 Å². The van der Waals surface area contributed by atoms with Crippen LogP contribution < -0.4 is 16.2 Å². The maximum absolute atomic E-state index is 12.9. The predicted molar refractivity (Wildman–Crippen MR) is 130 cm³/mol. The number of para-hydroxylation sites is 1. The van der Waals surface area contributed by atoms with Crippen molar-refractivity contribution < 1.29 is 14.5 Å². The molecule has 0 saturated heterocycles. The Morgan fingerprint density at radius 2 is 1.77 bits per heavy atom.